The summed E-state index contributed by atoms with van der Waals surface area (Å²) in [6.07, 6.45) is 0. The molecule has 14 heavy (non-hydrogen) atoms. The smallest absolute Gasteiger partial charge is 0.128 e. The van der Waals surface area contributed by atoms with Gasteiger partial charge in [0.15, 0.2) is 0 Å². The van der Waals surface area contributed by atoms with Gasteiger partial charge in [0.05, 0.1) is 14.2 Å². The lowest BCUT2D eigenvalue weighted by atomic mass is 9.99. The van der Waals surface area contributed by atoms with Crippen molar-refractivity contribution in [2.24, 2.45) is 0 Å². The molecule has 0 aromatic heterocycles. The van der Waals surface area contributed by atoms with Crippen LogP contribution in [0.2, 0.25) is 0 Å². The summed E-state index contributed by atoms with van der Waals surface area (Å²) in [5.41, 5.74) is 2.30. The van der Waals surface area contributed by atoms with Crippen LogP contribution in [0.15, 0.2) is 12.1 Å². The van der Waals surface area contributed by atoms with E-state index in [0.717, 1.165) is 17.1 Å². The van der Waals surface area contributed by atoms with Crippen LogP contribution in [0.5, 0.6) is 11.5 Å². The molecule has 78 valence electrons. The Balaban J connectivity index is 3.28. The zero-order valence-electron chi connectivity index (χ0n) is 9.55. The van der Waals surface area contributed by atoms with Crippen molar-refractivity contribution in [3.05, 3.63) is 23.3 Å². The predicted molar refractivity (Wildman–Crippen MR) is 58.4 cm³/mol. The number of methoxy groups -OCH3 is 2. The highest BCUT2D eigenvalue weighted by molar-refractivity contribution is 5.50. The number of hydrogen-bond acceptors (Lipinski definition) is 2. The fourth-order valence-corrected chi connectivity index (χ4v) is 1.64. The summed E-state index contributed by atoms with van der Waals surface area (Å²) in [4.78, 5) is 0. The van der Waals surface area contributed by atoms with Crippen molar-refractivity contribution in [1.82, 2.24) is 0 Å². The molecule has 0 aliphatic heterocycles. The summed E-state index contributed by atoms with van der Waals surface area (Å²) >= 11 is 0. The molecule has 0 atom stereocenters. The van der Waals surface area contributed by atoms with Crippen LogP contribution >= 0.6 is 0 Å². The minimum absolute atomic E-state index is 0.467. The summed E-state index contributed by atoms with van der Waals surface area (Å²) in [6.45, 7) is 6.33. The highest BCUT2D eigenvalue weighted by atomic mass is 16.5. The Morgan fingerprint density at radius 1 is 1.07 bits per heavy atom. The van der Waals surface area contributed by atoms with Crippen LogP contribution in [0.1, 0.15) is 30.9 Å². The van der Waals surface area contributed by atoms with Crippen LogP contribution in [0.25, 0.3) is 0 Å². The first kappa shape index (κ1) is 10.9. The van der Waals surface area contributed by atoms with E-state index in [1.807, 2.05) is 13.0 Å². The molecule has 0 amide bonds. The fraction of sp³-hybridized carbons (Fsp3) is 0.500. The van der Waals surface area contributed by atoms with Gasteiger partial charge in [0.1, 0.15) is 11.5 Å². The molecular formula is C12H18O2. The molecule has 1 rings (SSSR count). The monoisotopic (exact) mass is 194 g/mol. The van der Waals surface area contributed by atoms with Crippen LogP contribution < -0.4 is 9.47 Å². The van der Waals surface area contributed by atoms with E-state index in [9.17, 15) is 0 Å². The Morgan fingerprint density at radius 3 is 2.14 bits per heavy atom. The lowest BCUT2D eigenvalue weighted by molar-refractivity contribution is 0.384. The van der Waals surface area contributed by atoms with Gasteiger partial charge in [-0.25, -0.2) is 0 Å². The van der Waals surface area contributed by atoms with Gasteiger partial charge in [0, 0.05) is 5.56 Å². The van der Waals surface area contributed by atoms with E-state index in [2.05, 4.69) is 19.9 Å². The lowest BCUT2D eigenvalue weighted by Crippen LogP contribution is -1.98. The van der Waals surface area contributed by atoms with Crippen LogP contribution in [-0.4, -0.2) is 14.2 Å². The summed E-state index contributed by atoms with van der Waals surface area (Å²) in [5, 5.41) is 0. The number of hydrogen-bond donors (Lipinski definition) is 0. The average Bonchev–Trinajstić information content (AvgIpc) is 2.17. The maximum Gasteiger partial charge on any atom is 0.128 e. The SMILES string of the molecule is COc1ccc(C(C)C)c(OC)c1C. The molecular weight excluding hydrogens is 176 g/mol. The number of rotatable bonds is 3. The molecule has 0 aliphatic rings. The molecule has 0 radical (unpaired) electrons. The van der Waals surface area contributed by atoms with Crippen molar-refractivity contribution in [3.8, 4) is 11.5 Å². The van der Waals surface area contributed by atoms with Gasteiger partial charge >= 0.3 is 0 Å². The van der Waals surface area contributed by atoms with Crippen molar-refractivity contribution in [2.45, 2.75) is 26.7 Å². The first-order valence-electron chi connectivity index (χ1n) is 4.83. The Bertz CT molecular complexity index is 316. The molecule has 0 saturated heterocycles. The van der Waals surface area contributed by atoms with Crippen LogP contribution in [0.3, 0.4) is 0 Å². The van der Waals surface area contributed by atoms with Gasteiger partial charge in [-0.15, -0.1) is 0 Å². The molecule has 0 unspecified atom stereocenters. The Labute approximate surface area is 85.8 Å². The van der Waals surface area contributed by atoms with Gasteiger partial charge in [-0.05, 0) is 24.5 Å². The van der Waals surface area contributed by atoms with E-state index in [4.69, 9.17) is 9.47 Å². The largest absolute Gasteiger partial charge is 0.496 e. The molecule has 2 nitrogen and oxygen atoms in total. The molecule has 2 heteroatoms. The summed E-state index contributed by atoms with van der Waals surface area (Å²) in [5.74, 6) is 2.29. The highest BCUT2D eigenvalue weighted by Gasteiger charge is 2.12. The quantitative estimate of drug-likeness (QED) is 0.736. The maximum atomic E-state index is 5.40. The highest BCUT2D eigenvalue weighted by Crippen LogP contribution is 2.34. The number of ether oxygens (including phenoxy) is 2. The lowest BCUT2D eigenvalue weighted by Gasteiger charge is -2.16. The van der Waals surface area contributed by atoms with Gasteiger partial charge in [-0.2, -0.15) is 0 Å². The molecule has 0 heterocycles. The third kappa shape index (κ3) is 1.84. The summed E-state index contributed by atoms with van der Waals surface area (Å²) in [6, 6.07) is 4.06. The van der Waals surface area contributed by atoms with Gasteiger partial charge in [-0.1, -0.05) is 19.9 Å². The normalized spacial score (nSPS) is 10.4. The van der Waals surface area contributed by atoms with E-state index < -0.39 is 0 Å². The molecule has 0 spiro atoms. The molecule has 0 aliphatic carbocycles. The topological polar surface area (TPSA) is 18.5 Å². The van der Waals surface area contributed by atoms with E-state index in [-0.39, 0.29) is 0 Å². The maximum absolute atomic E-state index is 5.40. The second-order valence-electron chi connectivity index (χ2n) is 3.67. The zero-order chi connectivity index (χ0) is 10.7. The average molecular weight is 194 g/mol. The van der Waals surface area contributed by atoms with Crippen molar-refractivity contribution >= 4 is 0 Å². The van der Waals surface area contributed by atoms with Gasteiger partial charge < -0.3 is 9.47 Å². The second-order valence-corrected chi connectivity index (χ2v) is 3.67. The van der Waals surface area contributed by atoms with Gasteiger partial charge in [0.25, 0.3) is 0 Å². The van der Waals surface area contributed by atoms with Gasteiger partial charge in [-0.3, -0.25) is 0 Å². The van der Waals surface area contributed by atoms with Crippen molar-refractivity contribution < 1.29 is 9.47 Å². The Hall–Kier alpha value is -1.18. The predicted octanol–water partition coefficient (Wildman–Crippen LogP) is 3.14. The first-order valence-corrected chi connectivity index (χ1v) is 4.83. The van der Waals surface area contributed by atoms with Crippen LogP contribution in [-0.2, 0) is 0 Å². The molecule has 0 fully saturated rings. The molecule has 0 bridgehead atoms. The van der Waals surface area contributed by atoms with E-state index in [0.29, 0.717) is 5.92 Å². The Morgan fingerprint density at radius 2 is 1.71 bits per heavy atom. The van der Waals surface area contributed by atoms with Crippen LogP contribution in [0, 0.1) is 6.92 Å². The van der Waals surface area contributed by atoms with Crippen molar-refractivity contribution in [2.75, 3.05) is 14.2 Å². The third-order valence-corrected chi connectivity index (χ3v) is 2.43. The molecule has 1 aromatic carbocycles. The third-order valence-electron chi connectivity index (χ3n) is 2.43. The molecule has 0 N–H and O–H groups in total. The van der Waals surface area contributed by atoms with E-state index in [1.54, 1.807) is 14.2 Å². The van der Waals surface area contributed by atoms with E-state index >= 15 is 0 Å². The van der Waals surface area contributed by atoms with Crippen molar-refractivity contribution in [3.63, 3.8) is 0 Å². The second kappa shape index (κ2) is 4.36. The molecule has 1 aromatic rings. The minimum Gasteiger partial charge on any atom is -0.496 e. The summed E-state index contributed by atoms with van der Waals surface area (Å²) < 4.78 is 10.6. The Kier molecular flexibility index (Phi) is 3.39. The minimum atomic E-state index is 0.467. The fourth-order valence-electron chi connectivity index (χ4n) is 1.64. The van der Waals surface area contributed by atoms with Crippen molar-refractivity contribution in [1.29, 1.82) is 0 Å². The zero-order valence-corrected chi connectivity index (χ0v) is 9.55. The first-order chi connectivity index (χ1) is 6.61. The standard InChI is InChI=1S/C12H18O2/c1-8(2)10-6-7-11(13-4)9(3)12(10)14-5/h6-8H,1-5H3. The van der Waals surface area contributed by atoms with Gasteiger partial charge in [0.2, 0.25) is 0 Å². The summed E-state index contributed by atoms with van der Waals surface area (Å²) in [7, 11) is 3.38. The molecule has 0 saturated carbocycles. The number of benzene rings is 1. The van der Waals surface area contributed by atoms with E-state index in [1.165, 1.54) is 5.56 Å². The van der Waals surface area contributed by atoms with Crippen LogP contribution in [0.4, 0.5) is 0 Å².